The van der Waals surface area contributed by atoms with E-state index in [1.807, 2.05) is 23.9 Å². The predicted molar refractivity (Wildman–Crippen MR) is 134 cm³/mol. The van der Waals surface area contributed by atoms with Crippen LogP contribution in [0.1, 0.15) is 35.1 Å². The summed E-state index contributed by atoms with van der Waals surface area (Å²) in [6, 6.07) is 26.0. The van der Waals surface area contributed by atoms with Gasteiger partial charge in [-0.3, -0.25) is 4.90 Å². The molecule has 156 valence electrons. The fraction of sp³-hybridized carbons (Fsp3) is 0.214. The van der Waals surface area contributed by atoms with Gasteiger partial charge in [-0.05, 0) is 58.9 Å². The number of anilines is 1. The van der Waals surface area contributed by atoms with Crippen molar-refractivity contribution in [2.24, 2.45) is 0 Å². The Morgan fingerprint density at radius 2 is 1.55 bits per heavy atom. The summed E-state index contributed by atoms with van der Waals surface area (Å²) in [5, 5.41) is 0. The first-order valence-electron chi connectivity index (χ1n) is 11.0. The minimum absolute atomic E-state index is 0.814. The summed E-state index contributed by atoms with van der Waals surface area (Å²) in [5.74, 6) is 1.05. The predicted octanol–water partition coefficient (Wildman–Crippen LogP) is 6.49. The minimum Gasteiger partial charge on any atom is -0.399 e. The van der Waals surface area contributed by atoms with E-state index >= 15 is 0 Å². The number of hydrogen-bond acceptors (Lipinski definition) is 3. The van der Waals surface area contributed by atoms with Gasteiger partial charge in [0, 0.05) is 36.0 Å². The Balaban J connectivity index is 1.35. The van der Waals surface area contributed by atoms with Crippen LogP contribution in [0.25, 0.3) is 11.6 Å². The maximum absolute atomic E-state index is 5.78. The van der Waals surface area contributed by atoms with Crippen LogP contribution in [0.3, 0.4) is 0 Å². The van der Waals surface area contributed by atoms with Crippen molar-refractivity contribution in [3.05, 3.63) is 107 Å². The molecular formula is C28H28N2S. The van der Waals surface area contributed by atoms with Crippen molar-refractivity contribution < 1.29 is 0 Å². The molecule has 2 heterocycles. The lowest BCUT2D eigenvalue weighted by molar-refractivity contribution is 0.284. The lowest BCUT2D eigenvalue weighted by Crippen LogP contribution is -2.31. The summed E-state index contributed by atoms with van der Waals surface area (Å²) in [6.07, 6.45) is 6.75. The first-order chi connectivity index (χ1) is 15.3. The molecule has 0 bridgehead atoms. The molecule has 1 fully saturated rings. The number of likely N-dealkylation sites (tertiary alicyclic amines) is 1. The zero-order chi connectivity index (χ0) is 21.0. The quantitative estimate of drug-likeness (QED) is 0.488. The fourth-order valence-electron chi connectivity index (χ4n) is 4.57. The average Bonchev–Trinajstić information content (AvgIpc) is 2.98. The van der Waals surface area contributed by atoms with E-state index in [0.717, 1.165) is 43.9 Å². The summed E-state index contributed by atoms with van der Waals surface area (Å²) in [6.45, 7) is 3.22. The highest BCUT2D eigenvalue weighted by Gasteiger charge is 2.23. The van der Waals surface area contributed by atoms with Gasteiger partial charge >= 0.3 is 0 Å². The van der Waals surface area contributed by atoms with Crippen molar-refractivity contribution in [2.75, 3.05) is 25.4 Å². The number of rotatable bonds is 3. The number of nitrogens with zero attached hydrogens (tertiary/aromatic N) is 1. The molecule has 0 spiro atoms. The van der Waals surface area contributed by atoms with Crippen molar-refractivity contribution >= 4 is 29.1 Å². The molecule has 3 heteroatoms. The molecule has 0 saturated carbocycles. The van der Waals surface area contributed by atoms with Gasteiger partial charge in [-0.15, -0.1) is 11.8 Å². The van der Waals surface area contributed by atoms with Crippen LogP contribution in [0, 0.1) is 0 Å². The second-order valence-electron chi connectivity index (χ2n) is 8.29. The summed E-state index contributed by atoms with van der Waals surface area (Å²) >= 11 is 1.97. The summed E-state index contributed by atoms with van der Waals surface area (Å²) < 4.78 is 0. The number of nitrogens with two attached hydrogens (primary N) is 1. The fourth-order valence-corrected chi connectivity index (χ4v) is 5.63. The highest BCUT2D eigenvalue weighted by molar-refractivity contribution is 7.98. The van der Waals surface area contributed by atoms with Crippen molar-refractivity contribution in [1.29, 1.82) is 0 Å². The number of piperidine rings is 1. The number of thioether (sulfide) groups is 1. The molecule has 31 heavy (non-hydrogen) atoms. The Kier molecular flexibility index (Phi) is 5.97. The largest absolute Gasteiger partial charge is 0.399 e. The monoisotopic (exact) mass is 424 g/mol. The molecule has 0 radical (unpaired) electrons. The topological polar surface area (TPSA) is 29.3 Å². The summed E-state index contributed by atoms with van der Waals surface area (Å²) in [7, 11) is 0. The third kappa shape index (κ3) is 4.48. The third-order valence-corrected chi connectivity index (χ3v) is 7.37. The van der Waals surface area contributed by atoms with Gasteiger partial charge in [0.05, 0.1) is 0 Å². The molecule has 5 rings (SSSR count). The van der Waals surface area contributed by atoms with Gasteiger partial charge in [-0.25, -0.2) is 0 Å². The zero-order valence-electron chi connectivity index (χ0n) is 17.8. The molecule has 2 nitrogen and oxygen atoms in total. The Labute approximate surface area is 189 Å². The molecule has 0 atom stereocenters. The Hall–Kier alpha value is -2.75. The van der Waals surface area contributed by atoms with Crippen molar-refractivity contribution in [3.63, 3.8) is 0 Å². The molecule has 0 aromatic heterocycles. The molecule has 2 aliphatic rings. The number of benzene rings is 3. The zero-order valence-corrected chi connectivity index (χ0v) is 18.6. The number of fused-ring (bicyclic) bond motifs is 2. The first-order valence-corrected chi connectivity index (χ1v) is 12.0. The van der Waals surface area contributed by atoms with Gasteiger partial charge in [-0.1, -0.05) is 72.3 Å². The van der Waals surface area contributed by atoms with Crippen LogP contribution in [0.4, 0.5) is 5.69 Å². The molecule has 1 saturated heterocycles. The Morgan fingerprint density at radius 3 is 2.35 bits per heavy atom. The lowest BCUT2D eigenvalue weighted by Gasteiger charge is -2.29. The van der Waals surface area contributed by atoms with Gasteiger partial charge in [0.1, 0.15) is 0 Å². The van der Waals surface area contributed by atoms with Crippen LogP contribution >= 0.6 is 11.8 Å². The average molecular weight is 425 g/mol. The van der Waals surface area contributed by atoms with E-state index in [9.17, 15) is 0 Å². The SMILES string of the molecule is Nc1ccc(/C=C/CN2CCC(=C3c4ccccc4CSc4ccccc43)CC2)cc1. The summed E-state index contributed by atoms with van der Waals surface area (Å²) in [4.78, 5) is 3.97. The molecule has 0 unspecified atom stereocenters. The van der Waals surface area contributed by atoms with E-state index in [2.05, 4.69) is 77.7 Å². The maximum Gasteiger partial charge on any atom is 0.0314 e. The normalized spacial score (nSPS) is 16.8. The second-order valence-corrected chi connectivity index (χ2v) is 9.31. The van der Waals surface area contributed by atoms with E-state index < -0.39 is 0 Å². The first kappa shape index (κ1) is 20.2. The third-order valence-electron chi connectivity index (χ3n) is 6.25. The highest BCUT2D eigenvalue weighted by atomic mass is 32.2. The van der Waals surface area contributed by atoms with Crippen LogP contribution < -0.4 is 5.73 Å². The lowest BCUT2D eigenvalue weighted by atomic mass is 9.86. The van der Waals surface area contributed by atoms with E-state index in [0.29, 0.717) is 0 Å². The molecular weight excluding hydrogens is 396 g/mol. The number of nitrogen functional groups attached to an aromatic ring is 1. The molecule has 2 N–H and O–H groups in total. The number of hydrogen-bond donors (Lipinski definition) is 1. The van der Waals surface area contributed by atoms with Gasteiger partial charge in [0.2, 0.25) is 0 Å². The van der Waals surface area contributed by atoms with Crippen LogP contribution in [0.5, 0.6) is 0 Å². The summed E-state index contributed by atoms with van der Waals surface area (Å²) in [5.41, 5.74) is 15.2. The van der Waals surface area contributed by atoms with E-state index in [1.54, 1.807) is 5.57 Å². The smallest absolute Gasteiger partial charge is 0.0314 e. The van der Waals surface area contributed by atoms with E-state index in [-0.39, 0.29) is 0 Å². The van der Waals surface area contributed by atoms with Gasteiger partial charge < -0.3 is 5.73 Å². The van der Waals surface area contributed by atoms with Crippen LogP contribution in [0.15, 0.2) is 89.3 Å². The van der Waals surface area contributed by atoms with Gasteiger partial charge in [0.25, 0.3) is 0 Å². The van der Waals surface area contributed by atoms with Crippen LogP contribution in [-0.4, -0.2) is 24.5 Å². The molecule has 3 aromatic carbocycles. The van der Waals surface area contributed by atoms with Gasteiger partial charge in [-0.2, -0.15) is 0 Å². The van der Waals surface area contributed by atoms with Crippen LogP contribution in [-0.2, 0) is 5.75 Å². The van der Waals surface area contributed by atoms with Gasteiger partial charge in [0.15, 0.2) is 0 Å². The Bertz CT molecular complexity index is 1070. The second kappa shape index (κ2) is 9.17. The highest BCUT2D eigenvalue weighted by Crippen LogP contribution is 2.43. The standard InChI is InChI=1S/C28H28N2S/c29-24-13-11-21(12-14-24)6-5-17-30-18-15-22(16-19-30)28-25-8-2-1-7-23(25)20-31-27-10-4-3-9-26(27)28/h1-14H,15-20,29H2/b6-5+. The van der Waals surface area contributed by atoms with Crippen molar-refractivity contribution in [2.45, 2.75) is 23.5 Å². The van der Waals surface area contributed by atoms with E-state index in [1.165, 1.54) is 32.7 Å². The molecule has 0 aliphatic carbocycles. The molecule has 3 aromatic rings. The van der Waals surface area contributed by atoms with Crippen molar-refractivity contribution in [3.8, 4) is 0 Å². The maximum atomic E-state index is 5.78. The van der Waals surface area contributed by atoms with Crippen LogP contribution in [0.2, 0.25) is 0 Å². The van der Waals surface area contributed by atoms with E-state index in [4.69, 9.17) is 5.73 Å². The van der Waals surface area contributed by atoms with Crippen molar-refractivity contribution in [1.82, 2.24) is 4.90 Å². The minimum atomic E-state index is 0.814. The Morgan fingerprint density at radius 1 is 0.839 bits per heavy atom. The molecule has 2 aliphatic heterocycles. The molecule has 0 amide bonds.